The van der Waals surface area contributed by atoms with Crippen molar-refractivity contribution in [3.63, 3.8) is 0 Å². The molecule has 0 aliphatic heterocycles. The molecule has 0 bridgehead atoms. The molecule has 0 radical (unpaired) electrons. The summed E-state index contributed by atoms with van der Waals surface area (Å²) in [5, 5.41) is 3.19. The van der Waals surface area contributed by atoms with Gasteiger partial charge in [0.2, 0.25) is 0 Å². The lowest BCUT2D eigenvalue weighted by molar-refractivity contribution is 0.623. The molecule has 1 heterocycles. The predicted molar refractivity (Wildman–Crippen MR) is 79.9 cm³/mol. The summed E-state index contributed by atoms with van der Waals surface area (Å²) in [6.45, 7) is 0. The highest BCUT2D eigenvalue weighted by Crippen LogP contribution is 2.30. The number of oxazole rings is 1. The van der Waals surface area contributed by atoms with E-state index in [1.807, 2.05) is 48.7 Å². The van der Waals surface area contributed by atoms with Crippen LogP contribution in [0, 0.1) is 0 Å². The number of nitrogen functional groups attached to an aromatic ring is 1. The Kier molecular flexibility index (Phi) is 3.05. The molecule has 0 saturated heterocycles. The number of nitrogens with two attached hydrogens (primary N) is 1. The van der Waals surface area contributed by atoms with Crippen LogP contribution < -0.4 is 11.1 Å². The van der Waals surface area contributed by atoms with E-state index in [0.717, 1.165) is 10.6 Å². The largest absolute Gasteiger partial charge is 0.423 e. The highest BCUT2D eigenvalue weighted by atomic mass is 32.2. The quantitative estimate of drug-likeness (QED) is 0.559. The number of hydrogen-bond acceptors (Lipinski definition) is 5. The molecule has 0 aliphatic carbocycles. The lowest BCUT2D eigenvalue weighted by atomic mass is 10.3. The van der Waals surface area contributed by atoms with E-state index < -0.39 is 0 Å². The van der Waals surface area contributed by atoms with Crippen LogP contribution in [0.2, 0.25) is 0 Å². The molecule has 0 spiro atoms. The van der Waals surface area contributed by atoms with Gasteiger partial charge in [0.05, 0.1) is 11.4 Å². The summed E-state index contributed by atoms with van der Waals surface area (Å²) >= 11 is 1.67. The fraction of sp³-hybridized carbons (Fsp3) is 0.0714. The van der Waals surface area contributed by atoms with Crippen molar-refractivity contribution in [1.29, 1.82) is 0 Å². The van der Waals surface area contributed by atoms with E-state index in [9.17, 15) is 0 Å². The summed E-state index contributed by atoms with van der Waals surface area (Å²) in [4.78, 5) is 5.51. The lowest BCUT2D eigenvalue weighted by Crippen LogP contribution is -1.92. The Morgan fingerprint density at radius 3 is 2.79 bits per heavy atom. The van der Waals surface area contributed by atoms with Crippen molar-refractivity contribution >= 4 is 40.3 Å². The summed E-state index contributed by atoms with van der Waals surface area (Å²) in [7, 11) is 0. The van der Waals surface area contributed by atoms with Gasteiger partial charge in [0.25, 0.3) is 6.01 Å². The molecule has 0 fully saturated rings. The highest BCUT2D eigenvalue weighted by Gasteiger charge is 2.09. The van der Waals surface area contributed by atoms with Crippen molar-refractivity contribution in [3.05, 3.63) is 42.5 Å². The predicted octanol–water partition coefficient (Wildman–Crippen LogP) is 3.88. The normalized spacial score (nSPS) is 10.8. The second-order valence-corrected chi connectivity index (χ2v) is 4.89. The number of fused-ring (bicyclic) bond motifs is 1. The number of thioether (sulfide) groups is 1. The van der Waals surface area contributed by atoms with Crippen molar-refractivity contribution in [2.45, 2.75) is 4.90 Å². The molecule has 4 nitrogen and oxygen atoms in total. The smallest absolute Gasteiger partial charge is 0.300 e. The van der Waals surface area contributed by atoms with Gasteiger partial charge in [-0.05, 0) is 30.5 Å². The van der Waals surface area contributed by atoms with Crippen LogP contribution in [-0.4, -0.2) is 11.2 Å². The summed E-state index contributed by atoms with van der Waals surface area (Å²) in [5.74, 6) is 0. The summed E-state index contributed by atoms with van der Waals surface area (Å²) in [6.07, 6.45) is 2.03. The van der Waals surface area contributed by atoms with Gasteiger partial charge in [0.15, 0.2) is 5.58 Å². The molecule has 96 valence electrons. The average molecular weight is 271 g/mol. The van der Waals surface area contributed by atoms with Crippen molar-refractivity contribution in [3.8, 4) is 0 Å². The van der Waals surface area contributed by atoms with E-state index in [1.54, 1.807) is 11.8 Å². The molecule has 3 N–H and O–H groups in total. The van der Waals surface area contributed by atoms with E-state index in [4.69, 9.17) is 10.2 Å². The van der Waals surface area contributed by atoms with Crippen molar-refractivity contribution in [2.75, 3.05) is 17.3 Å². The van der Waals surface area contributed by atoms with Crippen LogP contribution in [0.4, 0.5) is 17.4 Å². The van der Waals surface area contributed by atoms with E-state index in [1.165, 1.54) is 0 Å². The fourth-order valence-corrected chi connectivity index (χ4v) is 2.44. The number of para-hydroxylation sites is 2. The first-order valence-corrected chi connectivity index (χ1v) is 7.05. The van der Waals surface area contributed by atoms with Gasteiger partial charge in [-0.25, -0.2) is 0 Å². The van der Waals surface area contributed by atoms with Gasteiger partial charge in [-0.1, -0.05) is 18.2 Å². The maximum Gasteiger partial charge on any atom is 0.300 e. The first-order valence-electron chi connectivity index (χ1n) is 5.83. The third kappa shape index (κ3) is 2.24. The first kappa shape index (κ1) is 11.9. The zero-order chi connectivity index (χ0) is 13.2. The van der Waals surface area contributed by atoms with E-state index in [0.29, 0.717) is 22.8 Å². The molecule has 0 saturated carbocycles. The minimum absolute atomic E-state index is 0.453. The van der Waals surface area contributed by atoms with Gasteiger partial charge in [-0.15, -0.1) is 11.8 Å². The van der Waals surface area contributed by atoms with Gasteiger partial charge >= 0.3 is 0 Å². The van der Waals surface area contributed by atoms with Gasteiger partial charge < -0.3 is 15.5 Å². The Balaban J connectivity index is 1.99. The first-order chi connectivity index (χ1) is 9.28. The Morgan fingerprint density at radius 2 is 2.00 bits per heavy atom. The number of hydrogen-bond donors (Lipinski definition) is 2. The molecular weight excluding hydrogens is 258 g/mol. The molecule has 0 atom stereocenters. The third-order valence-electron chi connectivity index (χ3n) is 2.80. The van der Waals surface area contributed by atoms with E-state index in [2.05, 4.69) is 10.3 Å². The maximum absolute atomic E-state index is 5.86. The monoisotopic (exact) mass is 271 g/mol. The Hall–Kier alpha value is -2.14. The van der Waals surface area contributed by atoms with Gasteiger partial charge in [-0.3, -0.25) is 0 Å². The standard InChI is InChI=1S/C14H13N3OS/c1-19-12-8-3-2-6-10(12)16-14-17-13-9(15)5-4-7-11(13)18-14/h2-8H,15H2,1H3,(H,16,17). The maximum atomic E-state index is 5.86. The van der Waals surface area contributed by atoms with Crippen LogP contribution in [0.25, 0.3) is 11.1 Å². The average Bonchev–Trinajstić information content (AvgIpc) is 2.83. The summed E-state index contributed by atoms with van der Waals surface area (Å²) in [5.41, 5.74) is 8.83. The van der Waals surface area contributed by atoms with Crippen molar-refractivity contribution < 1.29 is 4.42 Å². The molecule has 0 aliphatic rings. The number of rotatable bonds is 3. The Labute approximate surface area is 115 Å². The minimum Gasteiger partial charge on any atom is -0.423 e. The topological polar surface area (TPSA) is 64.1 Å². The molecule has 0 amide bonds. The number of benzene rings is 2. The summed E-state index contributed by atoms with van der Waals surface area (Å²) in [6, 6.07) is 14.0. The van der Waals surface area contributed by atoms with Crippen LogP contribution in [0.1, 0.15) is 0 Å². The number of nitrogens with zero attached hydrogens (tertiary/aromatic N) is 1. The van der Waals surface area contributed by atoms with Crippen LogP contribution in [0.5, 0.6) is 0 Å². The van der Waals surface area contributed by atoms with Crippen LogP contribution >= 0.6 is 11.8 Å². The van der Waals surface area contributed by atoms with Crippen LogP contribution in [-0.2, 0) is 0 Å². The van der Waals surface area contributed by atoms with Gasteiger partial charge in [-0.2, -0.15) is 4.98 Å². The van der Waals surface area contributed by atoms with Gasteiger partial charge in [0.1, 0.15) is 5.52 Å². The fourth-order valence-electron chi connectivity index (χ4n) is 1.89. The molecule has 2 aromatic carbocycles. The molecular formula is C14H13N3OS. The third-order valence-corrected chi connectivity index (χ3v) is 3.59. The van der Waals surface area contributed by atoms with Gasteiger partial charge in [0, 0.05) is 4.90 Å². The Bertz CT molecular complexity index is 724. The van der Waals surface area contributed by atoms with E-state index in [-0.39, 0.29) is 0 Å². The molecule has 19 heavy (non-hydrogen) atoms. The van der Waals surface area contributed by atoms with Crippen LogP contribution in [0.15, 0.2) is 51.8 Å². The Morgan fingerprint density at radius 1 is 1.16 bits per heavy atom. The summed E-state index contributed by atoms with van der Waals surface area (Å²) < 4.78 is 5.64. The minimum atomic E-state index is 0.453. The molecule has 0 unspecified atom stereocenters. The van der Waals surface area contributed by atoms with Crippen molar-refractivity contribution in [2.24, 2.45) is 0 Å². The van der Waals surface area contributed by atoms with Crippen molar-refractivity contribution in [1.82, 2.24) is 4.98 Å². The van der Waals surface area contributed by atoms with Crippen LogP contribution in [0.3, 0.4) is 0 Å². The SMILES string of the molecule is CSc1ccccc1Nc1nc2c(N)cccc2o1. The second kappa shape index (κ2) is 4.85. The second-order valence-electron chi connectivity index (χ2n) is 4.04. The molecule has 3 aromatic rings. The number of anilines is 3. The zero-order valence-corrected chi connectivity index (χ0v) is 11.2. The number of aromatic nitrogens is 1. The highest BCUT2D eigenvalue weighted by molar-refractivity contribution is 7.98. The molecule has 5 heteroatoms. The zero-order valence-electron chi connectivity index (χ0n) is 10.4. The lowest BCUT2D eigenvalue weighted by Gasteiger charge is -2.06. The molecule has 1 aromatic heterocycles. The number of nitrogens with one attached hydrogen (secondary N) is 1. The molecule has 3 rings (SSSR count). The van der Waals surface area contributed by atoms with E-state index >= 15 is 0 Å².